The fraction of sp³-hybridized carbons (Fsp3) is 0. The van der Waals surface area contributed by atoms with Crippen LogP contribution in [0.1, 0.15) is 0 Å². The number of nitrogens with zero attached hydrogens (tertiary/aromatic N) is 1. The zero-order chi connectivity index (χ0) is 11.7. The minimum atomic E-state index is -0.494. The van der Waals surface area contributed by atoms with Crippen LogP contribution >= 0.6 is 23.2 Å². The van der Waals surface area contributed by atoms with Gasteiger partial charge in [0, 0.05) is 23.4 Å². The largest absolute Gasteiger partial charge is 0.506 e. The maximum absolute atomic E-state index is 13.5. The predicted octanol–water partition coefficient (Wildman–Crippen LogP) is 3.90. The van der Waals surface area contributed by atoms with Crippen LogP contribution in [0.25, 0.3) is 11.1 Å². The van der Waals surface area contributed by atoms with Crippen LogP contribution in [0.5, 0.6) is 5.75 Å². The number of hydrogen-bond acceptors (Lipinski definition) is 2. The lowest BCUT2D eigenvalue weighted by molar-refractivity contribution is 0.475. The number of phenolic OH excluding ortho intramolecular Hbond substituents is 1. The van der Waals surface area contributed by atoms with Crippen molar-refractivity contribution in [2.45, 2.75) is 0 Å². The van der Waals surface area contributed by atoms with Crippen LogP contribution in [0, 0.1) is 5.82 Å². The molecule has 0 aliphatic rings. The van der Waals surface area contributed by atoms with E-state index in [0.29, 0.717) is 11.1 Å². The number of rotatable bonds is 1. The molecule has 1 N–H and O–H groups in total. The van der Waals surface area contributed by atoms with E-state index >= 15 is 0 Å². The van der Waals surface area contributed by atoms with Gasteiger partial charge in [-0.15, -0.1) is 0 Å². The Kier molecular flexibility index (Phi) is 2.99. The molecular weight excluding hydrogens is 252 g/mol. The van der Waals surface area contributed by atoms with Gasteiger partial charge in [0.25, 0.3) is 0 Å². The molecule has 0 atom stereocenters. The fourth-order valence-electron chi connectivity index (χ4n) is 1.34. The highest BCUT2D eigenvalue weighted by Gasteiger charge is 2.11. The van der Waals surface area contributed by atoms with Crippen molar-refractivity contribution in [2.75, 3.05) is 0 Å². The Morgan fingerprint density at radius 2 is 1.88 bits per heavy atom. The van der Waals surface area contributed by atoms with Crippen molar-refractivity contribution < 1.29 is 9.50 Å². The third kappa shape index (κ3) is 1.96. The van der Waals surface area contributed by atoms with Crippen LogP contribution in [0.4, 0.5) is 4.39 Å². The molecule has 0 aliphatic carbocycles. The minimum absolute atomic E-state index is 0.121. The van der Waals surface area contributed by atoms with Gasteiger partial charge in [0.05, 0.1) is 16.2 Å². The second-order valence-electron chi connectivity index (χ2n) is 3.14. The molecule has 0 amide bonds. The number of halogens is 3. The van der Waals surface area contributed by atoms with E-state index in [1.807, 2.05) is 0 Å². The number of phenols is 1. The highest BCUT2D eigenvalue weighted by atomic mass is 35.5. The van der Waals surface area contributed by atoms with E-state index in [2.05, 4.69) is 4.98 Å². The average molecular weight is 258 g/mol. The quantitative estimate of drug-likeness (QED) is 0.841. The van der Waals surface area contributed by atoms with E-state index < -0.39 is 5.82 Å². The van der Waals surface area contributed by atoms with Crippen molar-refractivity contribution in [2.24, 2.45) is 0 Å². The smallest absolute Gasteiger partial charge is 0.149 e. The van der Waals surface area contributed by atoms with Crippen molar-refractivity contribution >= 4 is 23.2 Å². The van der Waals surface area contributed by atoms with Gasteiger partial charge in [0.1, 0.15) is 11.6 Å². The predicted molar refractivity (Wildman–Crippen MR) is 61.3 cm³/mol. The number of pyridine rings is 1. The van der Waals surface area contributed by atoms with Crippen LogP contribution in [-0.4, -0.2) is 10.1 Å². The van der Waals surface area contributed by atoms with E-state index in [0.717, 1.165) is 6.20 Å². The Hall–Kier alpha value is -1.32. The molecule has 0 radical (unpaired) electrons. The summed E-state index contributed by atoms with van der Waals surface area (Å²) in [7, 11) is 0. The molecule has 1 aromatic heterocycles. The maximum Gasteiger partial charge on any atom is 0.149 e. The average Bonchev–Trinajstić information content (AvgIpc) is 2.25. The SMILES string of the molecule is Oc1cc(Cl)c(-c2ccncc2F)cc1Cl. The summed E-state index contributed by atoms with van der Waals surface area (Å²) < 4.78 is 13.5. The van der Waals surface area contributed by atoms with E-state index in [1.54, 1.807) is 0 Å². The van der Waals surface area contributed by atoms with E-state index in [9.17, 15) is 9.50 Å². The molecule has 5 heteroatoms. The number of hydrogen-bond donors (Lipinski definition) is 1. The van der Waals surface area contributed by atoms with Gasteiger partial charge in [-0.2, -0.15) is 0 Å². The first kappa shape index (κ1) is 11.2. The Morgan fingerprint density at radius 1 is 1.12 bits per heavy atom. The van der Waals surface area contributed by atoms with Gasteiger partial charge in [-0.3, -0.25) is 4.98 Å². The molecule has 0 aliphatic heterocycles. The van der Waals surface area contributed by atoms with E-state index in [-0.39, 0.29) is 15.8 Å². The Morgan fingerprint density at radius 3 is 2.56 bits per heavy atom. The Bertz CT molecular complexity index is 546. The summed E-state index contributed by atoms with van der Waals surface area (Å²) in [5.74, 6) is -0.629. The second kappa shape index (κ2) is 4.28. The molecule has 0 fully saturated rings. The normalized spacial score (nSPS) is 10.4. The zero-order valence-electron chi connectivity index (χ0n) is 7.92. The summed E-state index contributed by atoms with van der Waals surface area (Å²) in [4.78, 5) is 3.64. The Balaban J connectivity index is 2.65. The third-order valence-electron chi connectivity index (χ3n) is 2.10. The molecule has 1 aromatic carbocycles. The van der Waals surface area contributed by atoms with Crippen LogP contribution in [0.15, 0.2) is 30.6 Å². The minimum Gasteiger partial charge on any atom is -0.506 e. The molecule has 0 saturated carbocycles. The van der Waals surface area contributed by atoms with Crippen molar-refractivity contribution in [1.29, 1.82) is 0 Å². The first-order valence-corrected chi connectivity index (χ1v) is 5.13. The summed E-state index contributed by atoms with van der Waals surface area (Å²) in [6.07, 6.45) is 2.54. The van der Waals surface area contributed by atoms with Gasteiger partial charge in [0.15, 0.2) is 0 Å². The Labute approximate surface area is 101 Å². The lowest BCUT2D eigenvalue weighted by Gasteiger charge is -2.07. The van der Waals surface area contributed by atoms with Crippen LogP contribution in [0.2, 0.25) is 10.0 Å². The molecule has 2 nitrogen and oxygen atoms in total. The zero-order valence-corrected chi connectivity index (χ0v) is 9.43. The van der Waals surface area contributed by atoms with E-state index in [1.165, 1.54) is 24.4 Å². The van der Waals surface area contributed by atoms with Crippen molar-refractivity contribution in [3.8, 4) is 16.9 Å². The molecule has 2 aromatic rings. The lowest BCUT2D eigenvalue weighted by atomic mass is 10.1. The lowest BCUT2D eigenvalue weighted by Crippen LogP contribution is -1.87. The van der Waals surface area contributed by atoms with Crippen molar-refractivity contribution in [1.82, 2.24) is 4.98 Å². The molecule has 1 heterocycles. The molecule has 82 valence electrons. The topological polar surface area (TPSA) is 33.1 Å². The van der Waals surface area contributed by atoms with Gasteiger partial charge in [-0.25, -0.2) is 4.39 Å². The first-order chi connectivity index (χ1) is 7.59. The maximum atomic E-state index is 13.5. The number of aromatic hydroxyl groups is 1. The summed E-state index contributed by atoms with van der Waals surface area (Å²) >= 11 is 11.6. The summed E-state index contributed by atoms with van der Waals surface area (Å²) in [6.45, 7) is 0. The molecular formula is C11H6Cl2FNO. The summed E-state index contributed by atoms with van der Waals surface area (Å²) in [5, 5.41) is 9.67. The van der Waals surface area contributed by atoms with Gasteiger partial charge in [-0.1, -0.05) is 23.2 Å². The van der Waals surface area contributed by atoms with Crippen LogP contribution < -0.4 is 0 Å². The molecule has 0 bridgehead atoms. The summed E-state index contributed by atoms with van der Waals surface area (Å²) in [5.41, 5.74) is 0.714. The van der Waals surface area contributed by atoms with Gasteiger partial charge in [-0.05, 0) is 12.1 Å². The third-order valence-corrected chi connectivity index (χ3v) is 2.71. The van der Waals surface area contributed by atoms with Crippen LogP contribution in [0.3, 0.4) is 0 Å². The molecule has 0 saturated heterocycles. The fourth-order valence-corrected chi connectivity index (χ4v) is 1.76. The summed E-state index contributed by atoms with van der Waals surface area (Å²) in [6, 6.07) is 4.18. The van der Waals surface area contributed by atoms with Crippen LogP contribution in [-0.2, 0) is 0 Å². The molecule has 0 spiro atoms. The number of benzene rings is 1. The highest BCUT2D eigenvalue weighted by molar-refractivity contribution is 6.36. The standard InChI is InChI=1S/C11H6Cl2FNO/c12-8-4-11(16)9(13)3-7(8)6-1-2-15-5-10(6)14/h1-5,16H. The van der Waals surface area contributed by atoms with E-state index in [4.69, 9.17) is 23.2 Å². The van der Waals surface area contributed by atoms with Gasteiger partial charge >= 0.3 is 0 Å². The second-order valence-corrected chi connectivity index (χ2v) is 3.95. The first-order valence-electron chi connectivity index (χ1n) is 4.37. The highest BCUT2D eigenvalue weighted by Crippen LogP contribution is 2.36. The van der Waals surface area contributed by atoms with Gasteiger partial charge in [0.2, 0.25) is 0 Å². The molecule has 2 rings (SSSR count). The number of aromatic nitrogens is 1. The molecule has 16 heavy (non-hydrogen) atoms. The van der Waals surface area contributed by atoms with Crippen molar-refractivity contribution in [3.05, 3.63) is 46.5 Å². The van der Waals surface area contributed by atoms with Gasteiger partial charge < -0.3 is 5.11 Å². The van der Waals surface area contributed by atoms with Crippen molar-refractivity contribution in [3.63, 3.8) is 0 Å². The monoisotopic (exact) mass is 257 g/mol. The molecule has 0 unspecified atom stereocenters.